The van der Waals surface area contributed by atoms with Crippen LogP contribution in [-0.4, -0.2) is 41.0 Å². The summed E-state index contributed by atoms with van der Waals surface area (Å²) < 4.78 is 0. The van der Waals surface area contributed by atoms with Crippen molar-refractivity contribution in [3.8, 4) is 0 Å². The number of carbonyl (C=O) groups is 3. The Labute approximate surface area is 121 Å². The molecule has 7 heteroatoms. The van der Waals surface area contributed by atoms with Gasteiger partial charge in [-0.25, -0.2) is 4.79 Å². The number of urea groups is 1. The summed E-state index contributed by atoms with van der Waals surface area (Å²) in [6.07, 6.45) is 0.389. The molecule has 1 saturated heterocycles. The minimum absolute atomic E-state index is 0.166. The highest BCUT2D eigenvalue weighted by molar-refractivity contribution is 5.91. The Morgan fingerprint density at radius 2 is 2.05 bits per heavy atom. The molecule has 1 aromatic carbocycles. The zero-order valence-electron chi connectivity index (χ0n) is 11.4. The van der Waals surface area contributed by atoms with Gasteiger partial charge in [-0.15, -0.1) is 0 Å². The van der Waals surface area contributed by atoms with Gasteiger partial charge in [0.25, 0.3) is 0 Å². The zero-order chi connectivity index (χ0) is 15.4. The number of para-hydroxylation sites is 1. The Balaban J connectivity index is 2.03. The van der Waals surface area contributed by atoms with E-state index in [4.69, 9.17) is 10.8 Å². The summed E-state index contributed by atoms with van der Waals surface area (Å²) in [4.78, 5) is 35.6. The van der Waals surface area contributed by atoms with E-state index >= 15 is 0 Å². The Bertz CT molecular complexity index is 573. The van der Waals surface area contributed by atoms with Crippen LogP contribution < -0.4 is 11.1 Å². The van der Waals surface area contributed by atoms with Crippen LogP contribution >= 0.6 is 0 Å². The van der Waals surface area contributed by atoms with Crippen LogP contribution in [-0.2, 0) is 16.0 Å². The Hall–Kier alpha value is -2.57. The number of primary amides is 1. The Morgan fingerprint density at radius 1 is 1.33 bits per heavy atom. The maximum absolute atomic E-state index is 12.1. The van der Waals surface area contributed by atoms with Gasteiger partial charge in [0.15, 0.2) is 0 Å². The number of carboxylic acid groups (broad SMARTS) is 1. The van der Waals surface area contributed by atoms with Gasteiger partial charge < -0.3 is 21.1 Å². The fraction of sp³-hybridized carbons (Fsp3) is 0.357. The summed E-state index contributed by atoms with van der Waals surface area (Å²) in [5.41, 5.74) is 6.23. The first kappa shape index (κ1) is 14.8. The summed E-state index contributed by atoms with van der Waals surface area (Å²) in [6.45, 7) is 0.753. The van der Waals surface area contributed by atoms with Gasteiger partial charge in [0.1, 0.15) is 0 Å². The van der Waals surface area contributed by atoms with Crippen LogP contribution in [0.2, 0.25) is 0 Å². The second-order valence-electron chi connectivity index (χ2n) is 4.99. The molecule has 4 N–H and O–H groups in total. The standard InChI is InChI=1S/C14H17N3O4/c15-13(20)10-5-6-17(8-10)14(21)16-11-4-2-1-3-9(11)7-12(18)19/h1-4,10H,5-8H2,(H2,15,20)(H,16,21)(H,18,19). The number of hydrogen-bond donors (Lipinski definition) is 3. The molecule has 1 aliphatic heterocycles. The maximum Gasteiger partial charge on any atom is 0.321 e. The third-order valence-corrected chi connectivity index (χ3v) is 3.48. The van der Waals surface area contributed by atoms with Crippen LogP contribution in [0.4, 0.5) is 10.5 Å². The number of nitrogens with zero attached hydrogens (tertiary/aromatic N) is 1. The Morgan fingerprint density at radius 3 is 2.67 bits per heavy atom. The quantitative estimate of drug-likeness (QED) is 0.756. The van der Waals surface area contributed by atoms with Gasteiger partial charge >= 0.3 is 12.0 Å². The Kier molecular flexibility index (Phi) is 4.42. The molecule has 0 saturated carbocycles. The molecule has 21 heavy (non-hydrogen) atoms. The topological polar surface area (TPSA) is 113 Å². The number of amides is 3. The minimum atomic E-state index is -0.966. The zero-order valence-corrected chi connectivity index (χ0v) is 11.4. The number of aliphatic carboxylic acids is 1. The van der Waals surface area contributed by atoms with Crippen LogP contribution in [0, 0.1) is 5.92 Å². The van der Waals surface area contributed by atoms with Crippen LogP contribution in [0.1, 0.15) is 12.0 Å². The summed E-state index contributed by atoms with van der Waals surface area (Å²) in [5.74, 6) is -1.69. The average Bonchev–Trinajstić information content (AvgIpc) is 2.90. The molecule has 7 nitrogen and oxygen atoms in total. The molecule has 1 unspecified atom stereocenters. The van der Waals surface area contributed by atoms with E-state index in [9.17, 15) is 14.4 Å². The first-order valence-electron chi connectivity index (χ1n) is 6.62. The highest BCUT2D eigenvalue weighted by Crippen LogP contribution is 2.20. The highest BCUT2D eigenvalue weighted by Gasteiger charge is 2.29. The molecule has 1 atom stereocenters. The number of benzene rings is 1. The van der Waals surface area contributed by atoms with Gasteiger partial charge in [0, 0.05) is 18.8 Å². The van der Waals surface area contributed by atoms with Crippen molar-refractivity contribution >= 4 is 23.6 Å². The molecule has 1 aliphatic rings. The van der Waals surface area contributed by atoms with Gasteiger partial charge in [-0.2, -0.15) is 0 Å². The summed E-state index contributed by atoms with van der Waals surface area (Å²) in [7, 11) is 0. The molecule has 1 fully saturated rings. The monoisotopic (exact) mass is 291 g/mol. The summed E-state index contributed by atoms with van der Waals surface area (Å²) >= 11 is 0. The van der Waals surface area contributed by atoms with Crippen molar-refractivity contribution < 1.29 is 19.5 Å². The lowest BCUT2D eigenvalue weighted by Crippen LogP contribution is -2.35. The van der Waals surface area contributed by atoms with Gasteiger partial charge in [0.05, 0.1) is 12.3 Å². The number of nitrogens with one attached hydrogen (secondary N) is 1. The molecule has 2 rings (SSSR count). The molecule has 1 aromatic rings. The van der Waals surface area contributed by atoms with Crippen molar-refractivity contribution in [2.75, 3.05) is 18.4 Å². The van der Waals surface area contributed by atoms with Gasteiger partial charge in [-0.05, 0) is 18.1 Å². The first-order valence-corrected chi connectivity index (χ1v) is 6.62. The third kappa shape index (κ3) is 3.71. The van der Waals surface area contributed by atoms with E-state index in [1.807, 2.05) is 0 Å². The predicted octanol–water partition coefficient (Wildman–Crippen LogP) is 0.653. The normalized spacial score (nSPS) is 17.5. The lowest BCUT2D eigenvalue weighted by molar-refractivity contribution is -0.136. The smallest absolute Gasteiger partial charge is 0.321 e. The molecule has 112 valence electrons. The third-order valence-electron chi connectivity index (χ3n) is 3.48. The molecular formula is C14H17N3O4. The van der Waals surface area contributed by atoms with E-state index in [2.05, 4.69) is 5.32 Å². The van der Waals surface area contributed by atoms with E-state index in [0.29, 0.717) is 30.8 Å². The van der Waals surface area contributed by atoms with Crippen molar-refractivity contribution in [3.05, 3.63) is 29.8 Å². The van der Waals surface area contributed by atoms with Crippen molar-refractivity contribution in [2.45, 2.75) is 12.8 Å². The number of likely N-dealkylation sites (tertiary alicyclic amines) is 1. The van der Waals surface area contributed by atoms with Crippen molar-refractivity contribution in [1.29, 1.82) is 0 Å². The molecule has 0 bridgehead atoms. The lowest BCUT2D eigenvalue weighted by Gasteiger charge is -2.18. The molecule has 3 amide bonds. The molecule has 0 aromatic heterocycles. The molecule has 0 radical (unpaired) electrons. The van der Waals surface area contributed by atoms with E-state index < -0.39 is 11.9 Å². The predicted molar refractivity (Wildman–Crippen MR) is 75.7 cm³/mol. The largest absolute Gasteiger partial charge is 0.481 e. The van der Waals surface area contributed by atoms with Gasteiger partial charge in [0.2, 0.25) is 5.91 Å². The molecular weight excluding hydrogens is 274 g/mol. The van der Waals surface area contributed by atoms with Crippen LogP contribution in [0.5, 0.6) is 0 Å². The van der Waals surface area contributed by atoms with E-state index in [1.165, 1.54) is 4.90 Å². The number of anilines is 1. The second-order valence-corrected chi connectivity index (χ2v) is 4.99. The second kappa shape index (κ2) is 6.25. The van der Waals surface area contributed by atoms with Crippen LogP contribution in [0.3, 0.4) is 0 Å². The SMILES string of the molecule is NC(=O)C1CCN(C(=O)Nc2ccccc2CC(=O)O)C1. The van der Waals surface area contributed by atoms with Crippen molar-refractivity contribution in [2.24, 2.45) is 11.7 Å². The summed E-state index contributed by atoms with van der Waals surface area (Å²) in [6, 6.07) is 6.39. The number of carbonyl (C=O) groups excluding carboxylic acids is 2. The fourth-order valence-corrected chi connectivity index (χ4v) is 2.33. The van der Waals surface area contributed by atoms with Crippen LogP contribution in [0.25, 0.3) is 0 Å². The van der Waals surface area contributed by atoms with Gasteiger partial charge in [-0.1, -0.05) is 18.2 Å². The first-order chi connectivity index (χ1) is 9.97. The fourth-order valence-electron chi connectivity index (χ4n) is 2.33. The van der Waals surface area contributed by atoms with E-state index in [-0.39, 0.29) is 18.4 Å². The maximum atomic E-state index is 12.1. The van der Waals surface area contributed by atoms with E-state index in [0.717, 1.165) is 0 Å². The number of carboxylic acids is 1. The van der Waals surface area contributed by atoms with Crippen molar-refractivity contribution in [1.82, 2.24) is 4.90 Å². The highest BCUT2D eigenvalue weighted by atomic mass is 16.4. The molecule has 0 aliphatic carbocycles. The van der Waals surface area contributed by atoms with Crippen molar-refractivity contribution in [3.63, 3.8) is 0 Å². The summed E-state index contributed by atoms with van der Waals surface area (Å²) in [5, 5.41) is 11.5. The molecule has 0 spiro atoms. The van der Waals surface area contributed by atoms with E-state index in [1.54, 1.807) is 24.3 Å². The lowest BCUT2D eigenvalue weighted by atomic mass is 10.1. The average molecular weight is 291 g/mol. The molecule has 1 heterocycles. The minimum Gasteiger partial charge on any atom is -0.481 e. The number of rotatable bonds is 4. The van der Waals surface area contributed by atoms with Gasteiger partial charge in [-0.3, -0.25) is 9.59 Å². The number of nitrogens with two attached hydrogens (primary N) is 1. The number of hydrogen-bond acceptors (Lipinski definition) is 3. The van der Waals surface area contributed by atoms with Crippen LogP contribution in [0.15, 0.2) is 24.3 Å².